The van der Waals surface area contributed by atoms with Gasteiger partial charge in [0, 0.05) is 26.9 Å². The quantitative estimate of drug-likeness (QED) is 0.266. The Morgan fingerprint density at radius 2 is 0.946 bits per heavy atom. The molecule has 5 aromatic carbocycles. The molecule has 0 unspecified atom stereocenters. The van der Waals surface area contributed by atoms with Gasteiger partial charge >= 0.3 is 0 Å². The second kappa shape index (κ2) is 10.6. The molecule has 0 aromatic heterocycles. The molecule has 0 aliphatic rings. The molecule has 0 radical (unpaired) electrons. The Bertz CT molecular complexity index is 1490. The minimum Gasteiger partial charge on any atom is -0.496 e. The summed E-state index contributed by atoms with van der Waals surface area (Å²) < 4.78 is 35.4. The zero-order valence-corrected chi connectivity index (χ0v) is 22.2. The molecule has 0 amide bonds. The van der Waals surface area contributed by atoms with Crippen LogP contribution in [0, 0.1) is 0 Å². The van der Waals surface area contributed by atoms with E-state index in [4.69, 9.17) is 4.74 Å². The highest BCUT2D eigenvalue weighted by Crippen LogP contribution is 2.48. The van der Waals surface area contributed by atoms with Crippen molar-refractivity contribution in [2.24, 2.45) is 0 Å². The molecule has 0 heterocycles. The van der Waals surface area contributed by atoms with Gasteiger partial charge in [-0.25, -0.2) is 0 Å². The maximum Gasteiger partial charge on any atom is 0.227 e. The topological polar surface area (TPSA) is 55.4 Å². The van der Waals surface area contributed by atoms with Gasteiger partial charge in [-0.2, -0.15) is 0 Å². The van der Waals surface area contributed by atoms with E-state index >= 15 is 4.57 Å². The van der Waals surface area contributed by atoms with Crippen molar-refractivity contribution in [3.05, 3.63) is 140 Å². The summed E-state index contributed by atoms with van der Waals surface area (Å²) in [4.78, 5) is 0. The smallest absolute Gasteiger partial charge is 0.227 e. The maximum atomic E-state index is 15.1. The molecule has 0 saturated heterocycles. The second-order valence-electron chi connectivity index (χ2n) is 8.56. The highest BCUT2D eigenvalue weighted by molar-refractivity contribution is 7.85. The molecule has 0 saturated carbocycles. The first kappa shape index (κ1) is 24.8. The number of benzene rings is 5. The fraction of sp³-hybridized carbons (Fsp3) is 0.0323. The van der Waals surface area contributed by atoms with E-state index in [9.17, 15) is 4.57 Å². The summed E-state index contributed by atoms with van der Waals surface area (Å²) in [6.45, 7) is 0. The summed E-state index contributed by atoms with van der Waals surface area (Å²) in [6, 6.07) is 43.1. The van der Waals surface area contributed by atoms with Crippen LogP contribution in [0.3, 0.4) is 0 Å². The van der Waals surface area contributed by atoms with Gasteiger partial charge in [0.1, 0.15) is 5.75 Å². The number of anilines is 1. The number of ether oxygens (including phenoxy) is 1. The average Bonchev–Trinajstić information content (AvgIpc) is 2.98. The van der Waals surface area contributed by atoms with Crippen LogP contribution in [0.25, 0.3) is 0 Å². The lowest BCUT2D eigenvalue weighted by atomic mass is 10.3. The van der Waals surface area contributed by atoms with E-state index in [-0.39, 0.29) is 0 Å². The average molecular weight is 524 g/mol. The van der Waals surface area contributed by atoms with Gasteiger partial charge in [0.05, 0.1) is 12.4 Å². The Hall–Kier alpha value is -3.84. The molecule has 0 fully saturated rings. The lowest BCUT2D eigenvalue weighted by molar-refractivity contribution is 0.418. The van der Waals surface area contributed by atoms with E-state index in [1.54, 1.807) is 13.2 Å². The third kappa shape index (κ3) is 4.79. The number of nitrogens with one attached hydrogen (secondary N) is 1. The van der Waals surface area contributed by atoms with Crippen LogP contribution in [0.1, 0.15) is 0 Å². The van der Waals surface area contributed by atoms with Crippen molar-refractivity contribution in [1.82, 2.24) is 0 Å². The van der Waals surface area contributed by atoms with Gasteiger partial charge in [-0.15, -0.1) is 0 Å². The molecule has 0 spiro atoms. The Kier molecular flexibility index (Phi) is 7.15. The van der Waals surface area contributed by atoms with E-state index in [0.29, 0.717) is 38.0 Å². The Morgan fingerprint density at radius 1 is 0.541 bits per heavy atom. The Balaban J connectivity index is 1.70. The molecule has 37 heavy (non-hydrogen) atoms. The van der Waals surface area contributed by atoms with Crippen molar-refractivity contribution in [1.29, 1.82) is 0 Å². The maximum absolute atomic E-state index is 15.1. The number of rotatable bonds is 8. The van der Waals surface area contributed by atoms with Gasteiger partial charge in [0.15, 0.2) is 7.14 Å². The van der Waals surface area contributed by atoms with Crippen molar-refractivity contribution in [3.63, 3.8) is 0 Å². The second-order valence-corrected chi connectivity index (χ2v) is 13.8. The van der Waals surface area contributed by atoms with Crippen LogP contribution in [0.15, 0.2) is 140 Å². The zero-order chi connectivity index (χ0) is 25.7. The van der Waals surface area contributed by atoms with Crippen molar-refractivity contribution < 1.29 is 13.9 Å². The lowest BCUT2D eigenvalue weighted by Gasteiger charge is -2.25. The van der Waals surface area contributed by atoms with Crippen molar-refractivity contribution in [3.8, 4) is 5.75 Å². The Morgan fingerprint density at radius 3 is 1.35 bits per heavy atom. The predicted octanol–water partition coefficient (Wildman–Crippen LogP) is 5.68. The van der Waals surface area contributed by atoms with Gasteiger partial charge in [-0.05, 0) is 42.5 Å². The van der Waals surface area contributed by atoms with Crippen molar-refractivity contribution in [2.45, 2.75) is 0 Å². The highest BCUT2D eigenvalue weighted by atomic mass is 31.2. The monoisotopic (exact) mass is 523 g/mol. The van der Waals surface area contributed by atoms with Gasteiger partial charge in [-0.1, -0.05) is 97.1 Å². The van der Waals surface area contributed by atoms with E-state index in [1.165, 1.54) is 0 Å². The molecule has 1 N–H and O–H groups in total. The summed E-state index contributed by atoms with van der Waals surface area (Å²) in [5.74, 6) is 0.510. The van der Waals surface area contributed by atoms with Crippen LogP contribution >= 0.6 is 14.4 Å². The Labute approximate surface area is 217 Å². The predicted molar refractivity (Wildman–Crippen MR) is 156 cm³/mol. The molecule has 0 aliphatic heterocycles. The number of hydrogen-bond donors (Lipinski definition) is 1. The highest BCUT2D eigenvalue weighted by Gasteiger charge is 2.34. The van der Waals surface area contributed by atoms with E-state index in [2.05, 4.69) is 5.09 Å². The summed E-state index contributed by atoms with van der Waals surface area (Å²) in [6.07, 6.45) is 0. The van der Waals surface area contributed by atoms with Crippen LogP contribution in [-0.4, -0.2) is 7.11 Å². The minimum absolute atomic E-state index is 0.510. The lowest BCUT2D eigenvalue weighted by Crippen LogP contribution is -2.27. The molecule has 5 rings (SSSR count). The van der Waals surface area contributed by atoms with Gasteiger partial charge in [-0.3, -0.25) is 4.57 Å². The van der Waals surface area contributed by atoms with Crippen LogP contribution in [0.5, 0.6) is 5.75 Å². The van der Waals surface area contributed by atoms with Gasteiger partial charge in [0.2, 0.25) is 7.29 Å². The third-order valence-electron chi connectivity index (χ3n) is 6.28. The molecule has 0 aliphatic carbocycles. The zero-order valence-electron chi connectivity index (χ0n) is 20.4. The van der Waals surface area contributed by atoms with E-state index in [0.717, 1.165) is 0 Å². The summed E-state index contributed by atoms with van der Waals surface area (Å²) >= 11 is 0. The fourth-order valence-electron chi connectivity index (χ4n) is 4.44. The molecule has 0 atom stereocenters. The summed E-state index contributed by atoms with van der Waals surface area (Å²) in [5, 5.41) is 6.66. The molecule has 184 valence electrons. The summed E-state index contributed by atoms with van der Waals surface area (Å²) in [5.41, 5.74) is 0.596. The summed E-state index contributed by atoms with van der Waals surface area (Å²) in [7, 11) is -5.01. The van der Waals surface area contributed by atoms with Crippen molar-refractivity contribution >= 4 is 46.6 Å². The van der Waals surface area contributed by atoms with Crippen molar-refractivity contribution in [2.75, 3.05) is 12.2 Å². The number of hydrogen-bond acceptors (Lipinski definition) is 3. The first-order valence-corrected chi connectivity index (χ1v) is 15.4. The van der Waals surface area contributed by atoms with E-state index in [1.807, 2.05) is 133 Å². The van der Waals surface area contributed by atoms with E-state index < -0.39 is 14.4 Å². The van der Waals surface area contributed by atoms with Gasteiger partial charge < -0.3 is 14.4 Å². The van der Waals surface area contributed by atoms with Gasteiger partial charge in [0.25, 0.3) is 0 Å². The normalized spacial score (nSPS) is 11.6. The molecule has 4 nitrogen and oxygen atoms in total. The molecule has 6 heteroatoms. The number of methoxy groups -OCH3 is 1. The minimum atomic E-state index is -3.32. The van der Waals surface area contributed by atoms with Crippen LogP contribution in [-0.2, 0) is 9.13 Å². The molecular formula is C31H27NO3P2. The molecule has 0 bridgehead atoms. The fourth-order valence-corrected chi connectivity index (χ4v) is 9.52. The SMILES string of the molecule is COc1ccc(NP(=O)(c2ccccc2)c2ccccc2)cc1P(=O)(c1ccccc1)c1ccccc1. The standard InChI is InChI=1S/C31H27NO3P2/c1-35-30-23-22-25(32-37(34,28-18-10-4-11-19-28)29-20-12-5-13-21-29)24-31(30)36(33,26-14-6-2-7-15-26)27-16-8-3-9-17-27/h2-24H,1H3,(H,32,34). The first-order valence-electron chi connectivity index (χ1n) is 11.9. The third-order valence-corrected chi connectivity index (χ3v) is 12.0. The first-order chi connectivity index (χ1) is 18.1. The molecular weight excluding hydrogens is 496 g/mol. The largest absolute Gasteiger partial charge is 0.496 e. The van der Waals surface area contributed by atoms with Crippen LogP contribution in [0.2, 0.25) is 0 Å². The van der Waals surface area contributed by atoms with Crippen LogP contribution in [0.4, 0.5) is 5.69 Å². The van der Waals surface area contributed by atoms with Crippen LogP contribution < -0.4 is 36.3 Å². The molecule has 5 aromatic rings.